The molecule has 5 heteroatoms. The van der Waals surface area contributed by atoms with Crippen molar-refractivity contribution in [3.8, 4) is 74.0 Å². The van der Waals surface area contributed by atoms with Crippen molar-refractivity contribution in [1.82, 2.24) is 15.0 Å². The van der Waals surface area contributed by atoms with Gasteiger partial charge in [0.1, 0.15) is 11.5 Å². The minimum Gasteiger partial charge on any atom is -0.457 e. The van der Waals surface area contributed by atoms with E-state index in [1.165, 1.54) is 11.1 Å². The number of rotatable bonds is 4. The van der Waals surface area contributed by atoms with Gasteiger partial charge >= 0.3 is 0 Å². The quantitative estimate of drug-likeness (QED) is 0.187. The summed E-state index contributed by atoms with van der Waals surface area (Å²) in [5.74, 6) is 3.49. The molecule has 52 heavy (non-hydrogen) atoms. The van der Waals surface area contributed by atoms with Gasteiger partial charge in [0.25, 0.3) is 0 Å². The van der Waals surface area contributed by atoms with E-state index >= 15 is 0 Å². The smallest absolute Gasteiger partial charge is 0.164 e. The third-order valence-corrected chi connectivity index (χ3v) is 10.2. The number of nitriles is 1. The Morgan fingerprint density at radius 3 is 1.69 bits per heavy atom. The van der Waals surface area contributed by atoms with Gasteiger partial charge in [-0.2, -0.15) is 5.26 Å². The van der Waals surface area contributed by atoms with Crippen molar-refractivity contribution < 1.29 is 4.74 Å². The molecule has 2 aliphatic rings. The van der Waals surface area contributed by atoms with Crippen LogP contribution in [0, 0.1) is 11.3 Å². The van der Waals surface area contributed by atoms with Crippen LogP contribution in [-0.4, -0.2) is 15.0 Å². The molecule has 8 aromatic rings. The van der Waals surface area contributed by atoms with Crippen molar-refractivity contribution in [2.45, 2.75) is 5.41 Å². The zero-order valence-corrected chi connectivity index (χ0v) is 27.9. The van der Waals surface area contributed by atoms with E-state index < -0.39 is 5.41 Å². The van der Waals surface area contributed by atoms with E-state index in [0.717, 1.165) is 61.6 Å². The van der Waals surface area contributed by atoms with Crippen molar-refractivity contribution in [3.05, 3.63) is 198 Å². The number of hydrogen-bond acceptors (Lipinski definition) is 5. The van der Waals surface area contributed by atoms with Crippen LogP contribution in [-0.2, 0) is 5.41 Å². The highest BCUT2D eigenvalue weighted by Crippen LogP contribution is 2.63. The Hall–Kier alpha value is -7.16. The maximum atomic E-state index is 9.33. The standard InChI is InChI=1S/C47H28N4O/c48-29-30-24-26-31(27-25-30)33-14-10-15-34(28-33)45-49-44(32-12-2-1-3-13-32)50-46(51-45)36-17-11-21-40-43(36)35-16-4-5-18-37(35)47(40)38-19-6-8-22-41(38)52-42-23-9-7-20-39(42)47/h1-28H. The largest absolute Gasteiger partial charge is 0.457 e. The van der Waals surface area contributed by atoms with Crippen LogP contribution in [0.15, 0.2) is 170 Å². The van der Waals surface area contributed by atoms with Crippen LogP contribution < -0.4 is 4.74 Å². The maximum absolute atomic E-state index is 9.33. The van der Waals surface area contributed by atoms with Gasteiger partial charge in [0, 0.05) is 27.8 Å². The summed E-state index contributed by atoms with van der Waals surface area (Å²) < 4.78 is 6.54. The van der Waals surface area contributed by atoms with Crippen LogP contribution in [0.25, 0.3) is 56.4 Å². The fourth-order valence-electron chi connectivity index (χ4n) is 8.01. The highest BCUT2D eigenvalue weighted by molar-refractivity contribution is 5.95. The summed E-state index contributed by atoms with van der Waals surface area (Å²) in [6, 6.07) is 60.1. The molecule has 2 heterocycles. The fourth-order valence-corrected chi connectivity index (χ4v) is 8.01. The van der Waals surface area contributed by atoms with E-state index in [-0.39, 0.29) is 0 Å². The van der Waals surface area contributed by atoms with Gasteiger partial charge in [-0.25, -0.2) is 15.0 Å². The molecule has 0 unspecified atom stereocenters. The first-order chi connectivity index (χ1) is 25.7. The molecule has 0 fully saturated rings. The van der Waals surface area contributed by atoms with Gasteiger partial charge < -0.3 is 4.74 Å². The minimum absolute atomic E-state index is 0.583. The van der Waals surface area contributed by atoms with E-state index in [4.69, 9.17) is 19.7 Å². The van der Waals surface area contributed by atoms with Gasteiger partial charge in [-0.3, -0.25) is 0 Å². The Balaban J connectivity index is 1.22. The number of nitrogens with zero attached hydrogens (tertiary/aromatic N) is 4. The average molecular weight is 665 g/mol. The van der Waals surface area contributed by atoms with Crippen LogP contribution in [0.1, 0.15) is 27.8 Å². The van der Waals surface area contributed by atoms with Gasteiger partial charge in [0.2, 0.25) is 0 Å². The molecule has 1 aliphatic heterocycles. The fraction of sp³-hybridized carbons (Fsp3) is 0.0213. The molecule has 10 rings (SSSR count). The molecular formula is C47H28N4O. The maximum Gasteiger partial charge on any atom is 0.164 e. The van der Waals surface area contributed by atoms with Crippen molar-refractivity contribution in [1.29, 1.82) is 5.26 Å². The van der Waals surface area contributed by atoms with E-state index in [9.17, 15) is 5.26 Å². The highest BCUT2D eigenvalue weighted by atomic mass is 16.5. The lowest BCUT2D eigenvalue weighted by Gasteiger charge is -2.39. The van der Waals surface area contributed by atoms with Crippen LogP contribution in [0.3, 0.4) is 0 Å². The summed E-state index contributed by atoms with van der Waals surface area (Å²) in [6.07, 6.45) is 0. The average Bonchev–Trinajstić information content (AvgIpc) is 3.52. The van der Waals surface area contributed by atoms with Gasteiger partial charge in [-0.15, -0.1) is 0 Å². The molecule has 0 saturated carbocycles. The third kappa shape index (κ3) is 4.45. The van der Waals surface area contributed by atoms with Gasteiger partial charge in [-0.05, 0) is 63.7 Å². The van der Waals surface area contributed by atoms with Crippen LogP contribution in [0.5, 0.6) is 11.5 Å². The van der Waals surface area contributed by atoms with Crippen LogP contribution >= 0.6 is 0 Å². The van der Waals surface area contributed by atoms with E-state index in [1.807, 2.05) is 78.9 Å². The molecule has 242 valence electrons. The molecule has 0 N–H and O–H groups in total. The topological polar surface area (TPSA) is 71.7 Å². The van der Waals surface area contributed by atoms with E-state index in [1.54, 1.807) is 0 Å². The van der Waals surface area contributed by atoms with Gasteiger partial charge in [0.15, 0.2) is 17.5 Å². The molecule has 0 radical (unpaired) electrons. The van der Waals surface area contributed by atoms with Crippen molar-refractivity contribution >= 4 is 0 Å². The number of para-hydroxylation sites is 2. The second kappa shape index (κ2) is 11.7. The lowest BCUT2D eigenvalue weighted by Crippen LogP contribution is -2.32. The Morgan fingerprint density at radius 1 is 0.423 bits per heavy atom. The first-order valence-corrected chi connectivity index (χ1v) is 17.3. The van der Waals surface area contributed by atoms with Gasteiger partial charge in [0.05, 0.1) is 17.0 Å². The van der Waals surface area contributed by atoms with Gasteiger partial charge in [-0.1, -0.05) is 140 Å². The molecule has 1 aromatic heterocycles. The monoisotopic (exact) mass is 664 g/mol. The zero-order chi connectivity index (χ0) is 34.6. The predicted octanol–water partition coefficient (Wildman–Crippen LogP) is 10.9. The first kappa shape index (κ1) is 29.7. The number of fused-ring (bicyclic) bond motifs is 9. The van der Waals surface area contributed by atoms with Crippen molar-refractivity contribution in [2.24, 2.45) is 0 Å². The Bertz CT molecular complexity index is 2680. The number of benzene rings is 7. The SMILES string of the molecule is N#Cc1ccc(-c2cccc(-c3nc(-c4ccccc4)nc(-c4cccc5c4-c4ccccc4C54c5ccccc5Oc5ccccc54)n3)c2)cc1. The summed E-state index contributed by atoms with van der Waals surface area (Å²) in [5.41, 5.74) is 11.6. The van der Waals surface area contributed by atoms with E-state index in [0.29, 0.717) is 23.0 Å². The molecular weight excluding hydrogens is 637 g/mol. The number of aromatic nitrogens is 3. The summed E-state index contributed by atoms with van der Waals surface area (Å²) in [5, 5.41) is 9.33. The molecule has 0 bridgehead atoms. The lowest BCUT2D eigenvalue weighted by atomic mass is 9.66. The van der Waals surface area contributed by atoms with Crippen LogP contribution in [0.4, 0.5) is 0 Å². The molecule has 0 saturated heterocycles. The molecule has 1 spiro atoms. The van der Waals surface area contributed by atoms with Crippen LogP contribution in [0.2, 0.25) is 0 Å². The van der Waals surface area contributed by atoms with Crippen molar-refractivity contribution in [2.75, 3.05) is 0 Å². The predicted molar refractivity (Wildman–Crippen MR) is 204 cm³/mol. The summed E-state index contributed by atoms with van der Waals surface area (Å²) in [4.78, 5) is 15.5. The number of ether oxygens (including phenoxy) is 1. The van der Waals surface area contributed by atoms with Crippen molar-refractivity contribution in [3.63, 3.8) is 0 Å². The molecule has 7 aromatic carbocycles. The molecule has 5 nitrogen and oxygen atoms in total. The lowest BCUT2D eigenvalue weighted by molar-refractivity contribution is 0.436. The number of hydrogen-bond donors (Lipinski definition) is 0. The molecule has 0 atom stereocenters. The molecule has 0 amide bonds. The second-order valence-corrected chi connectivity index (χ2v) is 13.1. The Kier molecular flexibility index (Phi) is 6.70. The van der Waals surface area contributed by atoms with E-state index in [2.05, 4.69) is 97.1 Å². The zero-order valence-electron chi connectivity index (χ0n) is 27.9. The summed E-state index contributed by atoms with van der Waals surface area (Å²) in [6.45, 7) is 0. The molecule has 1 aliphatic carbocycles. The Morgan fingerprint density at radius 2 is 0.962 bits per heavy atom. The normalized spacial score (nSPS) is 12.9. The Labute approximate surface area is 301 Å². The summed E-state index contributed by atoms with van der Waals surface area (Å²) in [7, 11) is 0. The minimum atomic E-state index is -0.596. The highest BCUT2D eigenvalue weighted by Gasteiger charge is 2.51. The second-order valence-electron chi connectivity index (χ2n) is 13.1. The third-order valence-electron chi connectivity index (χ3n) is 10.2. The first-order valence-electron chi connectivity index (χ1n) is 17.3. The summed E-state index contributed by atoms with van der Waals surface area (Å²) >= 11 is 0.